The van der Waals surface area contributed by atoms with Crippen LogP contribution in [0.25, 0.3) is 5.69 Å². The number of ether oxygens (including phenoxy) is 1. The average Bonchev–Trinajstić information content (AvgIpc) is 3.02. The topological polar surface area (TPSA) is 76.4 Å². The van der Waals surface area contributed by atoms with E-state index in [-0.39, 0.29) is 12.5 Å². The molecule has 0 spiro atoms. The highest BCUT2D eigenvalue weighted by Crippen LogP contribution is 2.13. The lowest BCUT2D eigenvalue weighted by Crippen LogP contribution is -2.50. The van der Waals surface area contributed by atoms with E-state index in [1.54, 1.807) is 31.8 Å². The number of amides is 1. The monoisotopic (exact) mass is 303 g/mol. The highest BCUT2D eigenvalue weighted by atomic mass is 16.5. The molecule has 1 unspecified atom stereocenters. The second-order valence-corrected chi connectivity index (χ2v) is 5.44. The molecule has 1 aromatic carbocycles. The van der Waals surface area contributed by atoms with E-state index in [9.17, 15) is 4.79 Å². The van der Waals surface area contributed by atoms with Gasteiger partial charge in [-0.1, -0.05) is 0 Å². The first-order valence-corrected chi connectivity index (χ1v) is 7.09. The number of carbonyl (C=O) groups is 1. The maximum Gasteiger partial charge on any atom is 0.251 e. The third kappa shape index (κ3) is 3.93. The van der Waals surface area contributed by atoms with Crippen molar-refractivity contribution in [2.75, 3.05) is 20.3 Å². The van der Waals surface area contributed by atoms with Gasteiger partial charge >= 0.3 is 0 Å². The summed E-state index contributed by atoms with van der Waals surface area (Å²) >= 11 is 0. The van der Waals surface area contributed by atoms with Crippen molar-refractivity contribution in [1.29, 1.82) is 0 Å². The van der Waals surface area contributed by atoms with E-state index in [2.05, 4.69) is 10.3 Å². The van der Waals surface area contributed by atoms with Crippen molar-refractivity contribution in [2.45, 2.75) is 18.9 Å². The molecule has 118 valence electrons. The number of imidazole rings is 1. The number of aliphatic hydroxyl groups excluding tert-OH is 1. The van der Waals surface area contributed by atoms with E-state index < -0.39 is 5.54 Å². The van der Waals surface area contributed by atoms with Crippen molar-refractivity contribution in [2.24, 2.45) is 0 Å². The van der Waals surface area contributed by atoms with Crippen LogP contribution >= 0.6 is 0 Å². The molecule has 1 heterocycles. The summed E-state index contributed by atoms with van der Waals surface area (Å²) in [5, 5.41) is 12.1. The zero-order chi connectivity index (χ0) is 16.0. The summed E-state index contributed by atoms with van der Waals surface area (Å²) in [6, 6.07) is 7.24. The molecule has 1 aromatic heterocycles. The minimum Gasteiger partial charge on any atom is -0.396 e. The van der Waals surface area contributed by atoms with E-state index >= 15 is 0 Å². The van der Waals surface area contributed by atoms with Crippen LogP contribution in [0.2, 0.25) is 0 Å². The molecular formula is C16H21N3O3. The van der Waals surface area contributed by atoms with Crippen molar-refractivity contribution in [3.05, 3.63) is 48.5 Å². The molecule has 0 saturated heterocycles. The Morgan fingerprint density at radius 3 is 2.68 bits per heavy atom. The fourth-order valence-corrected chi connectivity index (χ4v) is 2.28. The van der Waals surface area contributed by atoms with Crippen LogP contribution in [0.1, 0.15) is 23.7 Å². The van der Waals surface area contributed by atoms with Gasteiger partial charge in [0.05, 0.1) is 18.5 Å². The van der Waals surface area contributed by atoms with Gasteiger partial charge < -0.3 is 19.7 Å². The fraction of sp³-hybridized carbons (Fsp3) is 0.375. The maximum atomic E-state index is 12.3. The van der Waals surface area contributed by atoms with E-state index in [0.717, 1.165) is 5.69 Å². The molecule has 0 saturated carbocycles. The zero-order valence-electron chi connectivity index (χ0n) is 12.8. The minimum atomic E-state index is -0.594. The Morgan fingerprint density at radius 1 is 1.41 bits per heavy atom. The number of nitrogens with one attached hydrogen (secondary N) is 1. The number of hydrogen-bond acceptors (Lipinski definition) is 4. The van der Waals surface area contributed by atoms with Gasteiger partial charge in [0.1, 0.15) is 0 Å². The standard InChI is InChI=1S/C16H21N3O3/c1-16(7-10-20,11-22-2)18-15(21)13-3-5-14(6-4-13)19-9-8-17-12-19/h3-6,8-9,12,20H,7,10-11H2,1-2H3,(H,18,21). The number of benzene rings is 1. The quantitative estimate of drug-likeness (QED) is 0.810. The molecule has 0 fully saturated rings. The summed E-state index contributed by atoms with van der Waals surface area (Å²) in [6.45, 7) is 2.18. The largest absolute Gasteiger partial charge is 0.396 e. The van der Waals surface area contributed by atoms with Crippen molar-refractivity contribution in [3.8, 4) is 5.69 Å². The molecular weight excluding hydrogens is 282 g/mol. The Morgan fingerprint density at radius 2 is 2.14 bits per heavy atom. The predicted molar refractivity (Wildman–Crippen MR) is 83.0 cm³/mol. The van der Waals surface area contributed by atoms with Gasteiger partial charge in [0, 0.05) is 37.4 Å². The summed E-state index contributed by atoms with van der Waals surface area (Å²) in [4.78, 5) is 16.3. The maximum absolute atomic E-state index is 12.3. The Balaban J connectivity index is 2.09. The number of rotatable bonds is 7. The molecule has 0 bridgehead atoms. The third-order valence-electron chi connectivity index (χ3n) is 3.47. The number of aliphatic hydroxyl groups is 1. The van der Waals surface area contributed by atoms with Crippen LogP contribution in [0.4, 0.5) is 0 Å². The van der Waals surface area contributed by atoms with Gasteiger partial charge in [-0.3, -0.25) is 4.79 Å². The highest BCUT2D eigenvalue weighted by molar-refractivity contribution is 5.94. The van der Waals surface area contributed by atoms with Gasteiger partial charge in [-0.2, -0.15) is 0 Å². The summed E-state index contributed by atoms with van der Waals surface area (Å²) in [5.74, 6) is -0.190. The molecule has 0 aliphatic rings. The third-order valence-corrected chi connectivity index (χ3v) is 3.47. The molecule has 1 atom stereocenters. The number of methoxy groups -OCH3 is 1. The first-order valence-electron chi connectivity index (χ1n) is 7.09. The van der Waals surface area contributed by atoms with Crippen LogP contribution in [-0.2, 0) is 4.74 Å². The summed E-state index contributed by atoms with van der Waals surface area (Å²) in [7, 11) is 1.57. The molecule has 0 aliphatic carbocycles. The summed E-state index contributed by atoms with van der Waals surface area (Å²) in [6.07, 6.45) is 5.67. The van der Waals surface area contributed by atoms with Gasteiger partial charge in [-0.15, -0.1) is 0 Å². The second kappa shape index (κ2) is 7.20. The number of hydrogen-bond donors (Lipinski definition) is 2. The number of carbonyl (C=O) groups excluding carboxylic acids is 1. The summed E-state index contributed by atoms with van der Waals surface area (Å²) < 4.78 is 6.99. The van der Waals surface area contributed by atoms with Crippen LogP contribution < -0.4 is 5.32 Å². The van der Waals surface area contributed by atoms with Gasteiger partial charge in [-0.05, 0) is 37.6 Å². The molecule has 2 N–H and O–H groups in total. The normalized spacial score (nSPS) is 13.6. The number of aromatic nitrogens is 2. The molecule has 1 amide bonds. The lowest BCUT2D eigenvalue weighted by Gasteiger charge is -2.29. The molecule has 2 aromatic rings. The molecule has 22 heavy (non-hydrogen) atoms. The van der Waals surface area contributed by atoms with Crippen molar-refractivity contribution in [1.82, 2.24) is 14.9 Å². The first-order chi connectivity index (χ1) is 10.6. The van der Waals surface area contributed by atoms with E-state index in [1.807, 2.05) is 29.8 Å². The van der Waals surface area contributed by atoms with E-state index in [0.29, 0.717) is 18.6 Å². The zero-order valence-corrected chi connectivity index (χ0v) is 12.8. The lowest BCUT2D eigenvalue weighted by atomic mass is 9.98. The van der Waals surface area contributed by atoms with Crippen LogP contribution in [-0.4, -0.2) is 46.4 Å². The second-order valence-electron chi connectivity index (χ2n) is 5.44. The first kappa shape index (κ1) is 16.2. The van der Waals surface area contributed by atoms with Crippen molar-refractivity contribution < 1.29 is 14.6 Å². The Bertz CT molecular complexity index is 588. The van der Waals surface area contributed by atoms with Crippen LogP contribution in [0.5, 0.6) is 0 Å². The minimum absolute atomic E-state index is 0.0142. The van der Waals surface area contributed by atoms with E-state index in [1.165, 1.54) is 0 Å². The van der Waals surface area contributed by atoms with Gasteiger partial charge in [0.2, 0.25) is 0 Å². The van der Waals surface area contributed by atoms with Crippen LogP contribution in [0.3, 0.4) is 0 Å². The molecule has 2 rings (SSSR count). The Kier molecular flexibility index (Phi) is 5.30. The average molecular weight is 303 g/mol. The van der Waals surface area contributed by atoms with Crippen molar-refractivity contribution >= 4 is 5.91 Å². The fourth-order valence-electron chi connectivity index (χ4n) is 2.28. The number of nitrogens with zero attached hydrogens (tertiary/aromatic N) is 2. The van der Waals surface area contributed by atoms with Crippen LogP contribution in [0.15, 0.2) is 43.0 Å². The highest BCUT2D eigenvalue weighted by Gasteiger charge is 2.26. The molecule has 0 aliphatic heterocycles. The molecule has 6 nitrogen and oxygen atoms in total. The van der Waals surface area contributed by atoms with Gasteiger partial charge in [0.25, 0.3) is 5.91 Å². The smallest absolute Gasteiger partial charge is 0.251 e. The Hall–Kier alpha value is -2.18. The predicted octanol–water partition coefficient (Wildman–Crippen LogP) is 1.39. The molecule has 0 radical (unpaired) electrons. The Labute approximate surface area is 129 Å². The van der Waals surface area contributed by atoms with Crippen molar-refractivity contribution in [3.63, 3.8) is 0 Å². The molecule has 6 heteroatoms. The van der Waals surface area contributed by atoms with Gasteiger partial charge in [-0.25, -0.2) is 4.98 Å². The lowest BCUT2D eigenvalue weighted by molar-refractivity contribution is 0.0725. The SMILES string of the molecule is COCC(C)(CCO)NC(=O)c1ccc(-n2ccnc2)cc1. The van der Waals surface area contributed by atoms with Gasteiger partial charge in [0.15, 0.2) is 0 Å². The van der Waals surface area contributed by atoms with E-state index in [4.69, 9.17) is 9.84 Å². The van der Waals surface area contributed by atoms with Crippen LogP contribution in [0, 0.1) is 0 Å². The summed E-state index contributed by atoms with van der Waals surface area (Å²) in [5.41, 5.74) is 0.900.